The molecule has 0 aromatic heterocycles. The molecule has 0 heterocycles. The normalized spacial score (nSPS) is 11.5. The van der Waals surface area contributed by atoms with Crippen molar-refractivity contribution < 1.29 is 4.12 Å². The third-order valence-corrected chi connectivity index (χ3v) is 19.2. The summed E-state index contributed by atoms with van der Waals surface area (Å²) in [7, 11) is -3.16. The molecule has 0 atom stereocenters. The molecule has 0 amide bonds. The quantitative estimate of drug-likeness (QED) is 0.242. The minimum Gasteiger partial charge on any atom is -0.450 e. The van der Waals surface area contributed by atoms with Crippen LogP contribution in [0, 0.1) is 0 Å². The molecule has 0 fully saturated rings. The van der Waals surface area contributed by atoms with Crippen LogP contribution in [-0.2, 0) is 4.12 Å². The van der Waals surface area contributed by atoms with Crippen molar-refractivity contribution in [2.24, 2.45) is 0 Å². The third-order valence-electron chi connectivity index (χ3n) is 3.65. The van der Waals surface area contributed by atoms with Crippen LogP contribution in [0.4, 0.5) is 0 Å². The molecule has 0 aliphatic carbocycles. The molecule has 0 rings (SSSR count). The van der Waals surface area contributed by atoms with Crippen LogP contribution in [0.3, 0.4) is 0 Å². The average molecular weight is 423 g/mol. The molecular weight excluding hydrogens is 385 g/mol. The van der Waals surface area contributed by atoms with E-state index in [4.69, 9.17) is 4.12 Å². The summed E-state index contributed by atoms with van der Waals surface area (Å²) in [6.45, 7) is 31.6. The Hall–Kier alpha value is -0.623. The topological polar surface area (TPSA) is 9.23 Å². The number of allylic oxidation sites excluding steroid dienone is 4. The minimum absolute atomic E-state index is 1.18. The fraction of sp³-hybridized carbons (Fsp3) is 0.400. The van der Waals surface area contributed by atoms with Crippen LogP contribution in [0.15, 0.2) is 75.2 Å². The minimum atomic E-state index is -1.79. The maximum atomic E-state index is 5.97. The van der Waals surface area contributed by atoms with Gasteiger partial charge in [0, 0.05) is 0 Å². The summed E-state index contributed by atoms with van der Waals surface area (Å²) < 4.78 is 5.97. The Morgan fingerprint density at radius 1 is 0.667 bits per heavy atom. The van der Waals surface area contributed by atoms with E-state index in [1.165, 1.54) is 21.0 Å². The van der Waals surface area contributed by atoms with E-state index in [1.807, 2.05) is 11.4 Å². The van der Waals surface area contributed by atoms with Gasteiger partial charge in [-0.1, -0.05) is 11.4 Å². The van der Waals surface area contributed by atoms with Crippen molar-refractivity contribution in [1.29, 1.82) is 0 Å². The van der Waals surface area contributed by atoms with Gasteiger partial charge in [0.15, 0.2) is 8.32 Å². The van der Waals surface area contributed by atoms with Crippen molar-refractivity contribution in [3.63, 3.8) is 0 Å². The first-order chi connectivity index (χ1) is 11.1. The molecule has 0 aliphatic rings. The zero-order valence-electron chi connectivity index (χ0n) is 16.4. The van der Waals surface area contributed by atoms with E-state index in [2.05, 4.69) is 90.0 Å². The molecule has 0 radical (unpaired) electrons. The van der Waals surface area contributed by atoms with E-state index >= 15 is 0 Å². The molecule has 4 heteroatoms. The predicted molar refractivity (Wildman–Crippen MR) is 122 cm³/mol. The molecule has 0 bridgehead atoms. The summed E-state index contributed by atoms with van der Waals surface area (Å²) >= 11 is -1.79. The predicted octanol–water partition coefficient (Wildman–Crippen LogP) is 7.04. The van der Waals surface area contributed by atoms with Gasteiger partial charge in [0.1, 0.15) is 0 Å². The van der Waals surface area contributed by atoms with Crippen molar-refractivity contribution >= 4 is 29.9 Å². The van der Waals surface area contributed by atoms with Gasteiger partial charge in [-0.15, -0.1) is 13.2 Å². The molecule has 0 unspecified atom stereocenters. The Morgan fingerprint density at radius 3 is 1.08 bits per heavy atom. The van der Waals surface area contributed by atoms with Crippen LogP contribution in [0.1, 0.15) is 0 Å². The zero-order valence-corrected chi connectivity index (χ0v) is 20.5. The van der Waals surface area contributed by atoms with Gasteiger partial charge in [0.2, 0.25) is 8.32 Å². The van der Waals surface area contributed by atoms with Crippen LogP contribution >= 0.6 is 0 Å². The molecular formula is C20H38GeOSi2. The molecule has 1 nitrogen and oxygen atoms in total. The van der Waals surface area contributed by atoms with Gasteiger partial charge in [0.05, 0.1) is 0 Å². The summed E-state index contributed by atoms with van der Waals surface area (Å²) in [6, 6.07) is 0. The van der Waals surface area contributed by atoms with Crippen LogP contribution in [0.2, 0.25) is 47.2 Å². The molecule has 0 N–H and O–H groups in total. The van der Waals surface area contributed by atoms with Gasteiger partial charge in [-0.3, -0.25) is 0 Å². The van der Waals surface area contributed by atoms with Crippen LogP contribution < -0.4 is 0 Å². The maximum absolute atomic E-state index is 5.97. The standard InChI is InChI=1S/C12H20Ge.C8H18OSi2/c1-5-9-13(10-6-2,11-7-3)12-8-4;1-7-11(6,8-2)9-10(3,4)5/h5-8H,1-4,9-12H2;7-8H,1-2H2,3-6H3. The van der Waals surface area contributed by atoms with Crippen LogP contribution in [0.5, 0.6) is 0 Å². The van der Waals surface area contributed by atoms with Crippen molar-refractivity contribution in [3.8, 4) is 0 Å². The van der Waals surface area contributed by atoms with E-state index in [0.29, 0.717) is 0 Å². The molecule has 24 heavy (non-hydrogen) atoms. The average Bonchev–Trinajstić information content (AvgIpc) is 2.47. The first kappa shape index (κ1) is 25.6. The number of hydrogen-bond acceptors (Lipinski definition) is 1. The number of hydrogen-bond donors (Lipinski definition) is 0. The van der Waals surface area contributed by atoms with Crippen molar-refractivity contribution in [3.05, 3.63) is 75.2 Å². The second-order valence-corrected chi connectivity index (χ2v) is 25.2. The fourth-order valence-corrected chi connectivity index (χ4v) is 15.9. The summed E-state index contributed by atoms with van der Waals surface area (Å²) in [6.07, 6.45) is 8.21. The monoisotopic (exact) mass is 424 g/mol. The first-order valence-corrected chi connectivity index (χ1v) is 20.4. The molecule has 0 saturated heterocycles. The van der Waals surface area contributed by atoms with E-state index in [9.17, 15) is 0 Å². The van der Waals surface area contributed by atoms with Crippen LogP contribution in [-0.4, -0.2) is 29.9 Å². The van der Waals surface area contributed by atoms with Gasteiger partial charge < -0.3 is 4.12 Å². The SMILES string of the molecule is C=C[CH2][Ge]([CH2]C=C)([CH2]C=C)[CH2]C=C.C=C[Si](C)(C=C)O[Si](C)(C)C. The summed E-state index contributed by atoms with van der Waals surface area (Å²) in [4.78, 5) is 0. The van der Waals surface area contributed by atoms with E-state index in [0.717, 1.165) is 0 Å². The van der Waals surface area contributed by atoms with E-state index in [1.54, 1.807) is 0 Å². The van der Waals surface area contributed by atoms with Gasteiger partial charge >= 0.3 is 84.9 Å². The zero-order chi connectivity index (χ0) is 19.3. The molecule has 0 aliphatic heterocycles. The van der Waals surface area contributed by atoms with Crippen molar-refractivity contribution in [2.75, 3.05) is 0 Å². The summed E-state index contributed by atoms with van der Waals surface area (Å²) in [5, 5.41) is 4.74. The maximum Gasteiger partial charge on any atom is 0.226 e. The van der Waals surface area contributed by atoms with Gasteiger partial charge in [-0.2, -0.15) is 0 Å². The Kier molecular flexibility index (Phi) is 13.6. The Balaban J connectivity index is 0. The van der Waals surface area contributed by atoms with Crippen molar-refractivity contribution in [1.82, 2.24) is 0 Å². The second kappa shape index (κ2) is 12.7. The Labute approximate surface area is 156 Å². The van der Waals surface area contributed by atoms with Gasteiger partial charge in [-0.25, -0.2) is 0 Å². The summed E-state index contributed by atoms with van der Waals surface area (Å²) in [5.74, 6) is 0. The van der Waals surface area contributed by atoms with Gasteiger partial charge in [-0.05, 0) is 26.2 Å². The second-order valence-electron chi connectivity index (χ2n) is 7.28. The molecule has 0 spiro atoms. The molecule has 136 valence electrons. The molecule has 0 aromatic rings. The third kappa shape index (κ3) is 11.8. The Morgan fingerprint density at radius 2 is 0.958 bits per heavy atom. The van der Waals surface area contributed by atoms with E-state index < -0.39 is 29.9 Å². The van der Waals surface area contributed by atoms with Gasteiger partial charge in [0.25, 0.3) is 0 Å². The van der Waals surface area contributed by atoms with Crippen LogP contribution in [0.25, 0.3) is 0 Å². The van der Waals surface area contributed by atoms with E-state index in [-0.39, 0.29) is 0 Å². The fourth-order valence-electron chi connectivity index (χ4n) is 2.55. The molecule has 0 aromatic carbocycles. The van der Waals surface area contributed by atoms with Crippen molar-refractivity contribution in [2.45, 2.75) is 47.2 Å². The summed E-state index contributed by atoms with van der Waals surface area (Å²) in [5.41, 5.74) is 3.86. The largest absolute Gasteiger partial charge is 0.450 e. The smallest absolute Gasteiger partial charge is 0.226 e. The first-order valence-electron chi connectivity index (χ1n) is 8.48. The molecule has 0 saturated carbocycles. The number of rotatable bonds is 12. The Bertz CT molecular complexity index is 382.